The maximum Gasteiger partial charge on any atom is 0.0464 e. The summed E-state index contributed by atoms with van der Waals surface area (Å²) in [7, 11) is 0. The maximum atomic E-state index is 2.44. The number of anilines is 3. The van der Waals surface area contributed by atoms with Gasteiger partial charge >= 0.3 is 0 Å². The Morgan fingerprint density at radius 2 is 0.806 bits per heavy atom. The molecular formula is C30H39N. The van der Waals surface area contributed by atoms with Crippen LogP contribution in [0.1, 0.15) is 76.0 Å². The summed E-state index contributed by atoms with van der Waals surface area (Å²) in [4.78, 5) is 2.44. The molecule has 3 aromatic carbocycles. The van der Waals surface area contributed by atoms with Crippen LogP contribution in [0.15, 0.2) is 72.8 Å². The average Bonchev–Trinajstić information content (AvgIpc) is 2.81. The second kappa shape index (κ2) is 12.3. The van der Waals surface area contributed by atoms with Crippen LogP contribution in [0.3, 0.4) is 0 Å². The van der Waals surface area contributed by atoms with Gasteiger partial charge in [-0.3, -0.25) is 0 Å². The Bertz CT molecular complexity index is 805. The third-order valence-electron chi connectivity index (χ3n) is 5.96. The standard InChI is InChI=1S/C30H39N/c1-4-7-13-25-16-10-19-28(22-25)31(29-20-11-17-26(23-29)14-8-5-2)30-21-12-18-27(24-30)15-9-6-3/h10-12,16-24H,4-9,13-15H2,1-3H3. The van der Waals surface area contributed by atoms with Crippen molar-refractivity contribution < 1.29 is 0 Å². The summed E-state index contributed by atoms with van der Waals surface area (Å²) in [5.74, 6) is 0. The van der Waals surface area contributed by atoms with Crippen molar-refractivity contribution in [3.63, 3.8) is 0 Å². The molecule has 164 valence electrons. The lowest BCUT2D eigenvalue weighted by atomic mass is 10.0. The zero-order valence-corrected chi connectivity index (χ0v) is 19.7. The summed E-state index contributed by atoms with van der Waals surface area (Å²) in [6, 6.07) is 27.4. The first-order valence-electron chi connectivity index (χ1n) is 12.3. The van der Waals surface area contributed by atoms with Crippen molar-refractivity contribution in [3.05, 3.63) is 89.5 Å². The first-order chi connectivity index (χ1) is 15.2. The highest BCUT2D eigenvalue weighted by atomic mass is 15.1. The Kier molecular flexibility index (Phi) is 9.21. The van der Waals surface area contributed by atoms with Crippen molar-refractivity contribution in [2.45, 2.75) is 78.6 Å². The number of nitrogens with zero attached hydrogens (tertiary/aromatic N) is 1. The first-order valence-corrected chi connectivity index (χ1v) is 12.3. The third-order valence-corrected chi connectivity index (χ3v) is 5.96. The number of hydrogen-bond acceptors (Lipinski definition) is 1. The molecule has 1 heteroatoms. The van der Waals surface area contributed by atoms with E-state index in [0.717, 1.165) is 19.3 Å². The molecule has 0 atom stereocenters. The summed E-state index contributed by atoms with van der Waals surface area (Å²) in [6.45, 7) is 6.79. The van der Waals surface area contributed by atoms with Crippen molar-refractivity contribution in [3.8, 4) is 0 Å². The smallest absolute Gasteiger partial charge is 0.0464 e. The summed E-state index contributed by atoms with van der Waals surface area (Å²) < 4.78 is 0. The normalized spacial score (nSPS) is 10.9. The topological polar surface area (TPSA) is 3.24 Å². The molecule has 0 aliphatic heterocycles. The number of hydrogen-bond donors (Lipinski definition) is 0. The molecule has 0 radical (unpaired) electrons. The van der Waals surface area contributed by atoms with E-state index in [9.17, 15) is 0 Å². The first kappa shape index (κ1) is 23.1. The number of rotatable bonds is 12. The zero-order chi connectivity index (χ0) is 21.9. The van der Waals surface area contributed by atoms with E-state index in [-0.39, 0.29) is 0 Å². The van der Waals surface area contributed by atoms with Crippen LogP contribution < -0.4 is 4.90 Å². The van der Waals surface area contributed by atoms with Gasteiger partial charge in [0.1, 0.15) is 0 Å². The molecule has 31 heavy (non-hydrogen) atoms. The molecule has 3 rings (SSSR count). The molecule has 0 saturated carbocycles. The average molecular weight is 414 g/mol. The molecule has 0 spiro atoms. The summed E-state index contributed by atoms with van der Waals surface area (Å²) in [5.41, 5.74) is 8.05. The molecule has 0 aliphatic rings. The largest absolute Gasteiger partial charge is 0.310 e. The van der Waals surface area contributed by atoms with Gasteiger partial charge < -0.3 is 4.90 Å². The number of unbranched alkanes of at least 4 members (excludes halogenated alkanes) is 3. The molecule has 0 aromatic heterocycles. The van der Waals surface area contributed by atoms with Crippen molar-refractivity contribution in [2.24, 2.45) is 0 Å². The van der Waals surface area contributed by atoms with Gasteiger partial charge in [0.05, 0.1) is 0 Å². The van der Waals surface area contributed by atoms with Crippen LogP contribution in [0.5, 0.6) is 0 Å². The Morgan fingerprint density at radius 3 is 1.10 bits per heavy atom. The van der Waals surface area contributed by atoms with Crippen LogP contribution in [0.2, 0.25) is 0 Å². The van der Waals surface area contributed by atoms with Gasteiger partial charge in [-0.1, -0.05) is 76.4 Å². The summed E-state index contributed by atoms with van der Waals surface area (Å²) in [6.07, 6.45) is 10.8. The van der Waals surface area contributed by atoms with Gasteiger partial charge in [0.2, 0.25) is 0 Å². The van der Waals surface area contributed by atoms with E-state index in [1.807, 2.05) is 0 Å². The van der Waals surface area contributed by atoms with Crippen molar-refractivity contribution in [1.29, 1.82) is 0 Å². The van der Waals surface area contributed by atoms with E-state index in [1.54, 1.807) is 0 Å². The highest BCUT2D eigenvalue weighted by molar-refractivity contribution is 5.77. The highest BCUT2D eigenvalue weighted by Gasteiger charge is 2.14. The second-order valence-electron chi connectivity index (χ2n) is 8.66. The van der Waals surface area contributed by atoms with E-state index >= 15 is 0 Å². The molecule has 0 N–H and O–H groups in total. The van der Waals surface area contributed by atoms with Gasteiger partial charge in [0.15, 0.2) is 0 Å². The molecule has 0 amide bonds. The van der Waals surface area contributed by atoms with Crippen LogP contribution in [-0.2, 0) is 19.3 Å². The van der Waals surface area contributed by atoms with E-state index in [4.69, 9.17) is 0 Å². The minimum atomic E-state index is 1.14. The Morgan fingerprint density at radius 1 is 0.484 bits per heavy atom. The SMILES string of the molecule is CCCCc1cccc(N(c2cccc(CCCC)c2)c2cccc(CCCC)c2)c1. The molecule has 0 bridgehead atoms. The fourth-order valence-electron chi connectivity index (χ4n) is 4.14. The lowest BCUT2D eigenvalue weighted by molar-refractivity contribution is 0.794. The van der Waals surface area contributed by atoms with E-state index in [2.05, 4.69) is 98.5 Å². The number of benzene rings is 3. The van der Waals surface area contributed by atoms with Crippen LogP contribution in [0.25, 0.3) is 0 Å². The lowest BCUT2D eigenvalue weighted by Crippen LogP contribution is -2.11. The summed E-state index contributed by atoms with van der Waals surface area (Å²) >= 11 is 0. The fourth-order valence-corrected chi connectivity index (χ4v) is 4.14. The highest BCUT2D eigenvalue weighted by Crippen LogP contribution is 2.36. The van der Waals surface area contributed by atoms with Gasteiger partial charge in [0.25, 0.3) is 0 Å². The number of aryl methyl sites for hydroxylation is 3. The minimum absolute atomic E-state index is 1.14. The second-order valence-corrected chi connectivity index (χ2v) is 8.66. The monoisotopic (exact) mass is 413 g/mol. The van der Waals surface area contributed by atoms with Crippen molar-refractivity contribution >= 4 is 17.1 Å². The minimum Gasteiger partial charge on any atom is -0.310 e. The predicted octanol–water partition coefficient (Wildman–Crippen LogP) is 9.18. The lowest BCUT2D eigenvalue weighted by Gasteiger charge is -2.27. The Labute approximate surface area is 190 Å². The quantitative estimate of drug-likeness (QED) is 0.286. The molecular weight excluding hydrogens is 374 g/mol. The van der Waals surface area contributed by atoms with Crippen molar-refractivity contribution in [1.82, 2.24) is 0 Å². The van der Waals surface area contributed by atoms with E-state index in [1.165, 1.54) is 72.3 Å². The van der Waals surface area contributed by atoms with Crippen LogP contribution in [-0.4, -0.2) is 0 Å². The molecule has 0 aliphatic carbocycles. The van der Waals surface area contributed by atoms with Gasteiger partial charge in [-0.15, -0.1) is 0 Å². The van der Waals surface area contributed by atoms with Crippen LogP contribution >= 0.6 is 0 Å². The van der Waals surface area contributed by atoms with Crippen LogP contribution in [0, 0.1) is 0 Å². The fraction of sp³-hybridized carbons (Fsp3) is 0.400. The van der Waals surface area contributed by atoms with E-state index < -0.39 is 0 Å². The van der Waals surface area contributed by atoms with Crippen LogP contribution in [0.4, 0.5) is 17.1 Å². The molecule has 3 aromatic rings. The molecule has 0 fully saturated rings. The zero-order valence-electron chi connectivity index (χ0n) is 19.7. The predicted molar refractivity (Wildman–Crippen MR) is 137 cm³/mol. The Balaban J connectivity index is 2.03. The Hall–Kier alpha value is -2.54. The van der Waals surface area contributed by atoms with Gasteiger partial charge in [-0.25, -0.2) is 0 Å². The molecule has 0 saturated heterocycles. The molecule has 0 unspecified atom stereocenters. The van der Waals surface area contributed by atoms with Gasteiger partial charge in [-0.2, -0.15) is 0 Å². The third kappa shape index (κ3) is 6.72. The summed E-state index contributed by atoms with van der Waals surface area (Å²) in [5, 5.41) is 0. The van der Waals surface area contributed by atoms with Gasteiger partial charge in [0, 0.05) is 17.1 Å². The molecule has 1 nitrogen and oxygen atoms in total. The van der Waals surface area contributed by atoms with Gasteiger partial charge in [-0.05, 0) is 91.6 Å². The molecule has 0 heterocycles. The maximum absolute atomic E-state index is 2.44. The van der Waals surface area contributed by atoms with E-state index in [0.29, 0.717) is 0 Å². The van der Waals surface area contributed by atoms with Crippen molar-refractivity contribution in [2.75, 3.05) is 4.90 Å².